The molecule has 1 aromatic heterocycles. The number of carboxylic acids is 1. The Morgan fingerprint density at radius 3 is 2.14 bits per heavy atom. The second kappa shape index (κ2) is 15.3. The molecular weight excluding hydrogens is 609 g/mol. The molecule has 0 unspecified atom stereocenters. The molecule has 1 heterocycles. The highest BCUT2D eigenvalue weighted by molar-refractivity contribution is 7.89. The average molecular weight is 643 g/mol. The average Bonchev–Trinajstić information content (AvgIpc) is 3.00. The summed E-state index contributed by atoms with van der Waals surface area (Å²) in [6.07, 6.45) is 9.40. The van der Waals surface area contributed by atoms with Gasteiger partial charge in [0.15, 0.2) is 5.82 Å². The lowest BCUT2D eigenvalue weighted by Gasteiger charge is -2.15. The Morgan fingerprint density at radius 2 is 1.51 bits per heavy atom. The Morgan fingerprint density at radius 1 is 0.860 bits per heavy atom. The summed E-state index contributed by atoms with van der Waals surface area (Å²) in [5, 5.41) is 9.93. The minimum absolute atomic E-state index is 0.0496. The largest absolute Gasteiger partial charge is 0.494 e. The standard InChI is InChI=1S/C32H33Cl2N3O5S/c1-2-3-4-5-6-17-42-26-13-11-23(12-14-26)25-20-35-31(36-21-25)24-9-7-22(8-10-24)18-30(32(38)39)37-43(40,41)27-15-16-28(33)29(34)19-27/h7-16,19-21,30,37H,2-6,17-18H2,1H3,(H,38,39)/t30-/m0/s1. The number of benzene rings is 3. The molecule has 0 amide bonds. The van der Waals surface area contributed by atoms with E-state index in [9.17, 15) is 18.3 Å². The summed E-state index contributed by atoms with van der Waals surface area (Å²) in [6.45, 7) is 2.92. The van der Waals surface area contributed by atoms with Crippen LogP contribution in [0.15, 0.2) is 84.0 Å². The van der Waals surface area contributed by atoms with E-state index in [2.05, 4.69) is 21.6 Å². The van der Waals surface area contributed by atoms with Crippen LogP contribution in [-0.4, -0.2) is 42.1 Å². The van der Waals surface area contributed by atoms with E-state index in [1.165, 1.54) is 43.9 Å². The lowest BCUT2D eigenvalue weighted by atomic mass is 10.0. The number of hydrogen-bond acceptors (Lipinski definition) is 6. The normalized spacial score (nSPS) is 12.2. The maximum atomic E-state index is 12.8. The van der Waals surface area contributed by atoms with Crippen LogP contribution in [0.1, 0.15) is 44.6 Å². The van der Waals surface area contributed by atoms with Crippen LogP contribution >= 0.6 is 23.2 Å². The van der Waals surface area contributed by atoms with Crippen LogP contribution in [0.2, 0.25) is 10.0 Å². The van der Waals surface area contributed by atoms with Crippen molar-refractivity contribution in [3.63, 3.8) is 0 Å². The molecule has 3 aromatic carbocycles. The zero-order chi connectivity index (χ0) is 30.8. The van der Waals surface area contributed by atoms with E-state index in [1.807, 2.05) is 24.3 Å². The molecule has 0 aliphatic heterocycles. The van der Waals surface area contributed by atoms with Gasteiger partial charge in [-0.05, 0) is 54.3 Å². The van der Waals surface area contributed by atoms with Gasteiger partial charge in [-0.1, -0.05) is 92.2 Å². The number of unbranched alkanes of at least 4 members (excludes halogenated alkanes) is 4. The van der Waals surface area contributed by atoms with Gasteiger partial charge >= 0.3 is 5.97 Å². The number of rotatable bonds is 15. The fourth-order valence-corrected chi connectivity index (χ4v) is 5.95. The van der Waals surface area contributed by atoms with Crippen LogP contribution in [0.25, 0.3) is 22.5 Å². The molecule has 0 saturated carbocycles. The van der Waals surface area contributed by atoms with E-state index < -0.39 is 22.0 Å². The molecule has 226 valence electrons. The maximum absolute atomic E-state index is 12.8. The number of nitrogens with one attached hydrogen (secondary N) is 1. The SMILES string of the molecule is CCCCCCCOc1ccc(-c2cnc(-c3ccc(C[C@H](NS(=O)(=O)c4ccc(Cl)c(Cl)c4)C(=O)O)cc3)nc2)cc1. The predicted octanol–water partition coefficient (Wildman–Crippen LogP) is 7.44. The minimum atomic E-state index is -4.15. The molecule has 2 N–H and O–H groups in total. The number of aromatic nitrogens is 2. The van der Waals surface area contributed by atoms with Crippen molar-refractivity contribution in [2.24, 2.45) is 0 Å². The molecule has 11 heteroatoms. The third-order valence-electron chi connectivity index (χ3n) is 6.80. The smallest absolute Gasteiger partial charge is 0.322 e. The van der Waals surface area contributed by atoms with Crippen LogP contribution in [-0.2, 0) is 21.2 Å². The summed E-state index contributed by atoms with van der Waals surface area (Å²) in [4.78, 5) is 20.7. The molecule has 8 nitrogen and oxygen atoms in total. The van der Waals surface area contributed by atoms with Crippen molar-refractivity contribution >= 4 is 39.2 Å². The van der Waals surface area contributed by atoms with Gasteiger partial charge in [-0.15, -0.1) is 0 Å². The van der Waals surface area contributed by atoms with E-state index in [-0.39, 0.29) is 21.4 Å². The summed E-state index contributed by atoms with van der Waals surface area (Å²) in [5.74, 6) is 0.0336. The number of nitrogens with zero attached hydrogens (tertiary/aromatic N) is 2. The van der Waals surface area contributed by atoms with Crippen molar-refractivity contribution in [1.29, 1.82) is 0 Å². The fourth-order valence-electron chi connectivity index (χ4n) is 4.37. The fraction of sp³-hybridized carbons (Fsp3) is 0.281. The van der Waals surface area contributed by atoms with Gasteiger partial charge in [0.25, 0.3) is 0 Å². The molecule has 0 spiro atoms. The number of halogens is 2. The molecule has 1 atom stereocenters. The number of sulfonamides is 1. The summed E-state index contributed by atoms with van der Waals surface area (Å²) in [6, 6.07) is 17.2. The van der Waals surface area contributed by atoms with E-state index in [1.54, 1.807) is 36.7 Å². The summed E-state index contributed by atoms with van der Waals surface area (Å²) in [7, 11) is -4.15. The Bertz CT molecular complexity index is 1610. The summed E-state index contributed by atoms with van der Waals surface area (Å²) in [5.41, 5.74) is 3.19. The first-order valence-corrected chi connectivity index (χ1v) is 16.2. The van der Waals surface area contributed by atoms with Crippen molar-refractivity contribution in [3.05, 3.63) is 94.7 Å². The maximum Gasteiger partial charge on any atom is 0.322 e. The second-order valence-electron chi connectivity index (χ2n) is 10.1. The molecule has 0 saturated heterocycles. The van der Waals surface area contributed by atoms with E-state index in [0.29, 0.717) is 18.0 Å². The lowest BCUT2D eigenvalue weighted by molar-refractivity contribution is -0.138. The lowest BCUT2D eigenvalue weighted by Crippen LogP contribution is -2.42. The quantitative estimate of drug-likeness (QED) is 0.129. The van der Waals surface area contributed by atoms with Gasteiger partial charge in [-0.2, -0.15) is 4.72 Å². The van der Waals surface area contributed by atoms with Gasteiger partial charge in [0.05, 0.1) is 21.5 Å². The van der Waals surface area contributed by atoms with Crippen molar-refractivity contribution < 1.29 is 23.1 Å². The summed E-state index contributed by atoms with van der Waals surface area (Å²) >= 11 is 11.8. The van der Waals surface area contributed by atoms with Crippen LogP contribution in [0, 0.1) is 0 Å². The molecule has 0 bridgehead atoms. The number of carbonyl (C=O) groups is 1. The third-order valence-corrected chi connectivity index (χ3v) is 9.01. The first-order valence-electron chi connectivity index (χ1n) is 14.0. The van der Waals surface area contributed by atoms with Crippen molar-refractivity contribution in [2.45, 2.75) is 56.4 Å². The molecule has 0 radical (unpaired) electrons. The Hall–Kier alpha value is -3.50. The van der Waals surface area contributed by atoms with Crippen molar-refractivity contribution in [3.8, 4) is 28.3 Å². The number of ether oxygens (including phenoxy) is 1. The molecule has 43 heavy (non-hydrogen) atoms. The van der Waals surface area contributed by atoms with Crippen LogP contribution < -0.4 is 9.46 Å². The van der Waals surface area contributed by atoms with E-state index in [0.717, 1.165) is 28.9 Å². The van der Waals surface area contributed by atoms with Gasteiger partial charge in [0.2, 0.25) is 10.0 Å². The topological polar surface area (TPSA) is 118 Å². The minimum Gasteiger partial charge on any atom is -0.494 e. The molecule has 4 rings (SSSR count). The van der Waals surface area contributed by atoms with Crippen LogP contribution in [0.3, 0.4) is 0 Å². The first kappa shape index (κ1) is 32.4. The molecular formula is C32H33Cl2N3O5S. The van der Waals surface area contributed by atoms with Gasteiger partial charge in [0.1, 0.15) is 11.8 Å². The third kappa shape index (κ3) is 9.24. The molecule has 0 aliphatic rings. The molecule has 4 aromatic rings. The van der Waals surface area contributed by atoms with Gasteiger partial charge in [-0.3, -0.25) is 4.79 Å². The van der Waals surface area contributed by atoms with E-state index in [4.69, 9.17) is 27.9 Å². The first-order chi connectivity index (χ1) is 20.7. The van der Waals surface area contributed by atoms with Crippen LogP contribution in [0.5, 0.6) is 5.75 Å². The second-order valence-corrected chi connectivity index (χ2v) is 12.6. The highest BCUT2D eigenvalue weighted by Crippen LogP contribution is 2.26. The number of carboxylic acid groups (broad SMARTS) is 1. The molecule has 0 aliphatic carbocycles. The highest BCUT2D eigenvalue weighted by Gasteiger charge is 2.26. The Kier molecular flexibility index (Phi) is 11.5. The van der Waals surface area contributed by atoms with Gasteiger partial charge < -0.3 is 9.84 Å². The van der Waals surface area contributed by atoms with Gasteiger partial charge in [0, 0.05) is 23.5 Å². The zero-order valence-electron chi connectivity index (χ0n) is 23.7. The monoisotopic (exact) mass is 641 g/mol. The Balaban J connectivity index is 1.35. The highest BCUT2D eigenvalue weighted by atomic mass is 35.5. The number of hydrogen-bond donors (Lipinski definition) is 2. The van der Waals surface area contributed by atoms with Crippen LogP contribution in [0.4, 0.5) is 0 Å². The van der Waals surface area contributed by atoms with E-state index >= 15 is 0 Å². The molecule has 0 fully saturated rings. The predicted molar refractivity (Wildman–Crippen MR) is 169 cm³/mol. The van der Waals surface area contributed by atoms with Crippen molar-refractivity contribution in [2.75, 3.05) is 6.61 Å². The Labute approximate surface area is 262 Å². The zero-order valence-corrected chi connectivity index (χ0v) is 26.0. The van der Waals surface area contributed by atoms with Gasteiger partial charge in [-0.25, -0.2) is 18.4 Å². The summed E-state index contributed by atoms with van der Waals surface area (Å²) < 4.78 is 33.6. The van der Waals surface area contributed by atoms with Crippen molar-refractivity contribution in [1.82, 2.24) is 14.7 Å². The number of aliphatic carboxylic acids is 1.